The van der Waals surface area contributed by atoms with Crippen LogP contribution in [0.4, 0.5) is 23.3 Å². The first kappa shape index (κ1) is 19.3. The maximum Gasteiger partial charge on any atom is 0.228 e. The van der Waals surface area contributed by atoms with Gasteiger partial charge < -0.3 is 25.0 Å². The predicted molar refractivity (Wildman–Crippen MR) is 120 cm³/mol. The maximum absolute atomic E-state index is 11.9. The molecule has 0 saturated carbocycles. The lowest BCUT2D eigenvalue weighted by Gasteiger charge is -2.32. The number of piperazine rings is 1. The van der Waals surface area contributed by atoms with Crippen LogP contribution in [-0.2, 0) is 11.2 Å². The molecule has 5 rings (SSSR count). The van der Waals surface area contributed by atoms with Crippen molar-refractivity contribution in [1.82, 2.24) is 25.3 Å². The van der Waals surface area contributed by atoms with Gasteiger partial charge in [-0.05, 0) is 12.1 Å². The van der Waals surface area contributed by atoms with E-state index < -0.39 is 11.2 Å². The van der Waals surface area contributed by atoms with Crippen LogP contribution in [0.25, 0.3) is 11.0 Å². The van der Waals surface area contributed by atoms with Crippen LogP contribution in [0.3, 0.4) is 0 Å². The Morgan fingerprint density at radius 3 is 2.43 bits per heavy atom. The van der Waals surface area contributed by atoms with Gasteiger partial charge in [0.05, 0.1) is 13.1 Å². The van der Waals surface area contributed by atoms with Crippen molar-refractivity contribution in [3.63, 3.8) is 0 Å². The van der Waals surface area contributed by atoms with Crippen molar-refractivity contribution >= 4 is 45.5 Å². The molecule has 2 saturated heterocycles. The Bertz CT molecular complexity index is 1010. The molecule has 0 amide bonds. The summed E-state index contributed by atoms with van der Waals surface area (Å²) in [5, 5.41) is 6.74. The van der Waals surface area contributed by atoms with E-state index in [0.717, 1.165) is 43.2 Å². The first-order valence-corrected chi connectivity index (χ1v) is 11.7. The quantitative estimate of drug-likeness (QED) is 0.597. The van der Waals surface area contributed by atoms with Gasteiger partial charge in [-0.2, -0.15) is 4.98 Å². The van der Waals surface area contributed by atoms with E-state index in [2.05, 4.69) is 30.4 Å². The Balaban J connectivity index is 1.60. The summed E-state index contributed by atoms with van der Waals surface area (Å²) in [7, 11) is 0. The van der Waals surface area contributed by atoms with Gasteiger partial charge in [-0.25, -0.2) is 15.0 Å². The second kappa shape index (κ2) is 8.58. The Morgan fingerprint density at radius 2 is 1.67 bits per heavy atom. The van der Waals surface area contributed by atoms with Crippen molar-refractivity contribution < 1.29 is 4.55 Å². The van der Waals surface area contributed by atoms with Gasteiger partial charge in [-0.3, -0.25) is 0 Å². The molecule has 9 nitrogen and oxygen atoms in total. The predicted octanol–water partition coefficient (Wildman–Crippen LogP) is 1.14. The molecule has 4 heterocycles. The largest absolute Gasteiger partial charge is 0.616 e. The van der Waals surface area contributed by atoms with Gasteiger partial charge in [0.15, 0.2) is 11.6 Å². The number of rotatable bonds is 4. The summed E-state index contributed by atoms with van der Waals surface area (Å²) in [6, 6.07) is 9.92. The lowest BCUT2D eigenvalue weighted by Crippen LogP contribution is -2.45. The van der Waals surface area contributed by atoms with E-state index in [-0.39, 0.29) is 0 Å². The second-order valence-corrected chi connectivity index (χ2v) is 9.03. The standard InChI is InChI=1S/C20H24N8OS/c29-30-12-10-27(11-13-30)19-17-16(25-20(26-19)28-8-6-21-7-9-28)18(23-14-22-17)24-15-4-2-1-3-5-15/h1-5,14,21H,6-13H2,(H,22,23,24). The summed E-state index contributed by atoms with van der Waals surface area (Å²) in [5.41, 5.74) is 2.36. The molecule has 0 bridgehead atoms. The molecule has 2 aliphatic rings. The molecular weight excluding hydrogens is 400 g/mol. The van der Waals surface area contributed by atoms with Crippen LogP contribution in [-0.4, -0.2) is 75.3 Å². The summed E-state index contributed by atoms with van der Waals surface area (Å²) in [4.78, 5) is 23.2. The van der Waals surface area contributed by atoms with Gasteiger partial charge in [0, 0.05) is 31.9 Å². The minimum Gasteiger partial charge on any atom is -0.616 e. The van der Waals surface area contributed by atoms with Gasteiger partial charge in [0.25, 0.3) is 0 Å². The molecule has 2 aliphatic heterocycles. The van der Waals surface area contributed by atoms with E-state index in [1.807, 2.05) is 30.3 Å². The third-order valence-electron chi connectivity index (χ3n) is 5.37. The topological polar surface area (TPSA) is 105 Å². The Labute approximate surface area is 178 Å². The van der Waals surface area contributed by atoms with Crippen LogP contribution in [0.15, 0.2) is 36.7 Å². The van der Waals surface area contributed by atoms with Crippen molar-refractivity contribution in [3.8, 4) is 0 Å². The van der Waals surface area contributed by atoms with Gasteiger partial charge >= 0.3 is 0 Å². The Hall–Kier alpha value is -2.69. The van der Waals surface area contributed by atoms with Crippen molar-refractivity contribution in [2.75, 3.05) is 65.9 Å². The third kappa shape index (κ3) is 3.98. The van der Waals surface area contributed by atoms with Gasteiger partial charge in [0.1, 0.15) is 28.9 Å². The highest BCUT2D eigenvalue weighted by Crippen LogP contribution is 2.30. The Morgan fingerprint density at radius 1 is 0.900 bits per heavy atom. The van der Waals surface area contributed by atoms with Crippen LogP contribution < -0.4 is 20.4 Å². The van der Waals surface area contributed by atoms with E-state index in [4.69, 9.17) is 9.97 Å². The molecule has 0 aliphatic carbocycles. The number of nitrogens with zero attached hydrogens (tertiary/aromatic N) is 6. The number of hydrogen-bond acceptors (Lipinski definition) is 9. The molecule has 10 heteroatoms. The summed E-state index contributed by atoms with van der Waals surface area (Å²) < 4.78 is 11.9. The molecule has 2 N–H and O–H groups in total. The average molecular weight is 425 g/mol. The van der Waals surface area contributed by atoms with Crippen molar-refractivity contribution in [2.45, 2.75) is 0 Å². The molecular formula is C20H24N8OS. The number of benzene rings is 1. The minimum atomic E-state index is -0.758. The van der Waals surface area contributed by atoms with Crippen LogP contribution >= 0.6 is 0 Å². The summed E-state index contributed by atoms with van der Waals surface area (Å²) in [6.45, 7) is 4.91. The number of aromatic nitrogens is 4. The first-order chi connectivity index (χ1) is 14.8. The first-order valence-electron chi connectivity index (χ1n) is 10.2. The van der Waals surface area contributed by atoms with Crippen molar-refractivity contribution in [2.24, 2.45) is 0 Å². The van der Waals surface area contributed by atoms with Crippen LogP contribution in [0.2, 0.25) is 0 Å². The molecule has 2 aromatic heterocycles. The lowest BCUT2D eigenvalue weighted by atomic mass is 10.3. The molecule has 0 atom stereocenters. The van der Waals surface area contributed by atoms with Gasteiger partial charge in [-0.15, -0.1) is 0 Å². The fourth-order valence-electron chi connectivity index (χ4n) is 3.75. The van der Waals surface area contributed by atoms with Crippen LogP contribution in [0.1, 0.15) is 0 Å². The van der Waals surface area contributed by atoms with E-state index in [1.54, 1.807) is 6.33 Å². The summed E-state index contributed by atoms with van der Waals surface area (Å²) in [5.74, 6) is 3.44. The summed E-state index contributed by atoms with van der Waals surface area (Å²) >= 11 is -0.758. The zero-order valence-electron chi connectivity index (χ0n) is 16.6. The molecule has 30 heavy (non-hydrogen) atoms. The normalized spacial score (nSPS) is 18.0. The maximum atomic E-state index is 11.9. The van der Waals surface area contributed by atoms with E-state index in [1.165, 1.54) is 0 Å². The monoisotopic (exact) mass is 424 g/mol. The van der Waals surface area contributed by atoms with E-state index in [0.29, 0.717) is 41.9 Å². The molecule has 1 aromatic carbocycles. The second-order valence-electron chi connectivity index (χ2n) is 7.33. The highest BCUT2D eigenvalue weighted by atomic mass is 32.2. The molecule has 0 spiro atoms. The molecule has 0 unspecified atom stereocenters. The molecule has 2 fully saturated rings. The minimum absolute atomic E-state index is 0.647. The third-order valence-corrected chi connectivity index (χ3v) is 6.64. The van der Waals surface area contributed by atoms with Crippen molar-refractivity contribution in [3.05, 3.63) is 36.7 Å². The number of nitrogens with one attached hydrogen (secondary N) is 2. The Kier molecular flexibility index (Phi) is 5.52. The molecule has 156 valence electrons. The van der Waals surface area contributed by atoms with Crippen LogP contribution in [0.5, 0.6) is 0 Å². The SMILES string of the molecule is [O-][S+]1CCN(c2nc(N3CCNCC3)nc3c(Nc4ccccc4)ncnc23)CC1. The van der Waals surface area contributed by atoms with Crippen molar-refractivity contribution in [1.29, 1.82) is 0 Å². The number of fused-ring (bicyclic) bond motifs is 1. The highest BCUT2D eigenvalue weighted by Gasteiger charge is 2.26. The molecule has 0 radical (unpaired) electrons. The van der Waals surface area contributed by atoms with E-state index in [9.17, 15) is 4.55 Å². The lowest BCUT2D eigenvalue weighted by molar-refractivity contribution is 0.578. The number of para-hydroxylation sites is 1. The molecule has 3 aromatic rings. The van der Waals surface area contributed by atoms with Gasteiger partial charge in [0.2, 0.25) is 5.95 Å². The smallest absolute Gasteiger partial charge is 0.228 e. The van der Waals surface area contributed by atoms with Crippen LogP contribution in [0, 0.1) is 0 Å². The van der Waals surface area contributed by atoms with E-state index >= 15 is 0 Å². The highest BCUT2D eigenvalue weighted by molar-refractivity contribution is 7.91. The average Bonchev–Trinajstić information content (AvgIpc) is 2.80. The zero-order chi connectivity index (χ0) is 20.3. The van der Waals surface area contributed by atoms with Gasteiger partial charge in [-0.1, -0.05) is 29.4 Å². The fraction of sp³-hybridized carbons (Fsp3) is 0.400. The summed E-state index contributed by atoms with van der Waals surface area (Å²) in [6.07, 6.45) is 1.55. The number of anilines is 4. The zero-order valence-corrected chi connectivity index (χ0v) is 17.4. The fourth-order valence-corrected chi connectivity index (χ4v) is 4.80. The number of hydrogen-bond donors (Lipinski definition) is 2.